The first-order valence-corrected chi connectivity index (χ1v) is 6.03. The highest BCUT2D eigenvalue weighted by Gasteiger charge is 2.30. The Labute approximate surface area is 83.7 Å². The van der Waals surface area contributed by atoms with Gasteiger partial charge in [-0.3, -0.25) is 0 Å². The second-order valence-corrected chi connectivity index (χ2v) is 4.95. The Morgan fingerprint density at radius 2 is 1.71 bits per heavy atom. The predicted molar refractivity (Wildman–Crippen MR) is 50.8 cm³/mol. The summed E-state index contributed by atoms with van der Waals surface area (Å²) in [4.78, 5) is 0. The number of aliphatic hydroxyl groups is 2. The topological polar surface area (TPSA) is 89.9 Å². The van der Waals surface area contributed by atoms with E-state index in [1.54, 1.807) is 0 Å². The molecule has 0 aromatic rings. The maximum absolute atomic E-state index is 11.6. The summed E-state index contributed by atoms with van der Waals surface area (Å²) in [7, 11) is -3.52. The van der Waals surface area contributed by atoms with Crippen LogP contribution in [0.5, 0.6) is 0 Å². The van der Waals surface area contributed by atoms with Gasteiger partial charge in [0.15, 0.2) is 0 Å². The van der Waals surface area contributed by atoms with Crippen molar-refractivity contribution >= 4 is 10.2 Å². The Balaban J connectivity index is 2.53. The normalized spacial score (nSPS) is 17.6. The molecule has 0 bridgehead atoms. The minimum absolute atomic E-state index is 0.0165. The lowest BCUT2D eigenvalue weighted by atomic mass is 10.6. The third kappa shape index (κ3) is 3.50. The van der Waals surface area contributed by atoms with E-state index >= 15 is 0 Å². The minimum atomic E-state index is -3.52. The number of aliphatic hydroxyl groups excluding tert-OH is 2. The van der Waals surface area contributed by atoms with E-state index in [0.717, 1.165) is 17.1 Å². The summed E-state index contributed by atoms with van der Waals surface area (Å²) in [5, 5.41) is 17.3. The number of rotatable bonds is 7. The van der Waals surface area contributed by atoms with Crippen LogP contribution in [0.4, 0.5) is 0 Å². The fourth-order valence-corrected chi connectivity index (χ4v) is 2.51. The van der Waals surface area contributed by atoms with Gasteiger partial charge in [0.25, 0.3) is 10.2 Å². The number of nitrogens with one attached hydrogen (secondary N) is 1. The zero-order valence-electron chi connectivity index (χ0n) is 7.89. The SMILES string of the molecule is O=S(=O)(NC1CC1)N(CCO)CCO. The lowest BCUT2D eigenvalue weighted by molar-refractivity contribution is 0.216. The van der Waals surface area contributed by atoms with Gasteiger partial charge < -0.3 is 10.2 Å². The molecule has 7 heteroatoms. The molecule has 0 atom stereocenters. The monoisotopic (exact) mass is 224 g/mol. The third-order valence-electron chi connectivity index (χ3n) is 1.93. The van der Waals surface area contributed by atoms with E-state index in [9.17, 15) is 8.42 Å². The highest BCUT2D eigenvalue weighted by atomic mass is 32.2. The molecule has 1 saturated carbocycles. The van der Waals surface area contributed by atoms with Gasteiger partial charge in [0.05, 0.1) is 13.2 Å². The Morgan fingerprint density at radius 3 is 2.07 bits per heavy atom. The number of nitrogens with zero attached hydrogens (tertiary/aromatic N) is 1. The van der Waals surface area contributed by atoms with Gasteiger partial charge >= 0.3 is 0 Å². The fourth-order valence-electron chi connectivity index (χ4n) is 1.06. The van der Waals surface area contributed by atoms with Crippen LogP contribution in [-0.2, 0) is 10.2 Å². The van der Waals surface area contributed by atoms with E-state index in [0.29, 0.717) is 0 Å². The van der Waals surface area contributed by atoms with E-state index in [1.807, 2.05) is 0 Å². The van der Waals surface area contributed by atoms with Crippen LogP contribution in [0.2, 0.25) is 0 Å². The second-order valence-electron chi connectivity index (χ2n) is 3.24. The van der Waals surface area contributed by atoms with Crippen LogP contribution >= 0.6 is 0 Å². The van der Waals surface area contributed by atoms with Gasteiger partial charge in [-0.25, -0.2) is 0 Å². The first-order valence-electron chi connectivity index (χ1n) is 4.59. The zero-order valence-corrected chi connectivity index (χ0v) is 8.70. The Hall–Kier alpha value is -0.210. The molecule has 6 nitrogen and oxygen atoms in total. The average molecular weight is 224 g/mol. The molecule has 1 aliphatic rings. The Morgan fingerprint density at radius 1 is 1.21 bits per heavy atom. The third-order valence-corrected chi connectivity index (χ3v) is 3.61. The fraction of sp³-hybridized carbons (Fsp3) is 1.00. The van der Waals surface area contributed by atoms with E-state index in [4.69, 9.17) is 10.2 Å². The van der Waals surface area contributed by atoms with Crippen molar-refractivity contribution in [3.05, 3.63) is 0 Å². The van der Waals surface area contributed by atoms with Crippen molar-refractivity contribution in [3.8, 4) is 0 Å². The molecule has 0 saturated heterocycles. The van der Waals surface area contributed by atoms with Gasteiger partial charge in [-0.15, -0.1) is 0 Å². The van der Waals surface area contributed by atoms with Crippen LogP contribution in [0, 0.1) is 0 Å². The van der Waals surface area contributed by atoms with Crippen molar-refractivity contribution in [1.29, 1.82) is 0 Å². The Bertz CT molecular complexity index is 257. The van der Waals surface area contributed by atoms with Gasteiger partial charge in [-0.2, -0.15) is 17.4 Å². The van der Waals surface area contributed by atoms with Crippen molar-refractivity contribution < 1.29 is 18.6 Å². The smallest absolute Gasteiger partial charge is 0.279 e. The lowest BCUT2D eigenvalue weighted by Crippen LogP contribution is -2.44. The number of hydrogen-bond donors (Lipinski definition) is 3. The number of hydrogen-bond acceptors (Lipinski definition) is 4. The molecule has 1 fully saturated rings. The lowest BCUT2D eigenvalue weighted by Gasteiger charge is -2.20. The molecule has 1 rings (SSSR count). The van der Waals surface area contributed by atoms with Crippen LogP contribution < -0.4 is 4.72 Å². The van der Waals surface area contributed by atoms with Crippen molar-refractivity contribution in [2.45, 2.75) is 18.9 Å². The molecule has 1 aliphatic carbocycles. The molecule has 0 heterocycles. The van der Waals surface area contributed by atoms with Gasteiger partial charge in [0, 0.05) is 19.1 Å². The summed E-state index contributed by atoms with van der Waals surface area (Å²) in [5.74, 6) is 0. The summed E-state index contributed by atoms with van der Waals surface area (Å²) in [6.07, 6.45) is 1.73. The largest absolute Gasteiger partial charge is 0.395 e. The van der Waals surface area contributed by atoms with Crippen molar-refractivity contribution in [1.82, 2.24) is 9.03 Å². The van der Waals surface area contributed by atoms with E-state index < -0.39 is 10.2 Å². The van der Waals surface area contributed by atoms with Gasteiger partial charge in [0.2, 0.25) is 0 Å². The maximum atomic E-state index is 11.6. The molecule has 0 unspecified atom stereocenters. The van der Waals surface area contributed by atoms with Crippen LogP contribution in [0.1, 0.15) is 12.8 Å². The molecule has 3 N–H and O–H groups in total. The summed E-state index contributed by atoms with van der Waals surface area (Å²) in [6.45, 7) is -0.456. The summed E-state index contributed by atoms with van der Waals surface area (Å²) in [5.41, 5.74) is 0. The quantitative estimate of drug-likeness (QED) is 0.479. The molecular weight excluding hydrogens is 208 g/mol. The summed E-state index contributed by atoms with van der Waals surface area (Å²) >= 11 is 0. The van der Waals surface area contributed by atoms with Crippen LogP contribution in [0.25, 0.3) is 0 Å². The molecule has 0 radical (unpaired) electrons. The van der Waals surface area contributed by atoms with Crippen molar-refractivity contribution in [2.75, 3.05) is 26.3 Å². The average Bonchev–Trinajstić information content (AvgIpc) is 2.87. The van der Waals surface area contributed by atoms with E-state index in [1.165, 1.54) is 0 Å². The van der Waals surface area contributed by atoms with E-state index in [2.05, 4.69) is 4.72 Å². The molecule has 0 amide bonds. The molecule has 0 spiro atoms. The summed E-state index contributed by atoms with van der Waals surface area (Å²) in [6, 6.07) is 0.0416. The molecular formula is C7H16N2O4S. The molecule has 14 heavy (non-hydrogen) atoms. The van der Waals surface area contributed by atoms with Crippen LogP contribution in [0.3, 0.4) is 0 Å². The molecule has 0 aliphatic heterocycles. The van der Waals surface area contributed by atoms with Crippen molar-refractivity contribution in [2.24, 2.45) is 0 Å². The molecule has 0 aromatic heterocycles. The van der Waals surface area contributed by atoms with E-state index in [-0.39, 0.29) is 32.3 Å². The maximum Gasteiger partial charge on any atom is 0.279 e. The highest BCUT2D eigenvalue weighted by Crippen LogP contribution is 2.20. The van der Waals surface area contributed by atoms with Crippen LogP contribution in [0.15, 0.2) is 0 Å². The van der Waals surface area contributed by atoms with Gasteiger partial charge in [-0.1, -0.05) is 0 Å². The standard InChI is InChI=1S/C7H16N2O4S/c10-5-3-9(4-6-11)14(12,13)8-7-1-2-7/h7-8,10-11H,1-6H2. The summed E-state index contributed by atoms with van der Waals surface area (Å²) < 4.78 is 26.6. The van der Waals surface area contributed by atoms with Gasteiger partial charge in [-0.05, 0) is 12.8 Å². The predicted octanol–water partition coefficient (Wildman–Crippen LogP) is -1.73. The highest BCUT2D eigenvalue weighted by molar-refractivity contribution is 7.87. The molecule has 0 aromatic carbocycles. The Kier molecular flexibility index (Phi) is 4.27. The molecule has 84 valence electrons. The first-order chi connectivity index (χ1) is 6.60. The zero-order chi connectivity index (χ0) is 10.6. The van der Waals surface area contributed by atoms with Gasteiger partial charge in [0.1, 0.15) is 0 Å². The second kappa shape index (κ2) is 5.04. The van der Waals surface area contributed by atoms with Crippen LogP contribution in [-0.4, -0.2) is 55.3 Å². The minimum Gasteiger partial charge on any atom is -0.395 e. The van der Waals surface area contributed by atoms with Crippen molar-refractivity contribution in [3.63, 3.8) is 0 Å². The first kappa shape index (κ1) is 11.9.